The van der Waals surface area contributed by atoms with E-state index in [1.807, 2.05) is 23.5 Å². The Balaban J connectivity index is 1.57. The lowest BCUT2D eigenvalue weighted by molar-refractivity contribution is 0.249. The van der Waals surface area contributed by atoms with Crippen molar-refractivity contribution in [2.24, 2.45) is 0 Å². The van der Waals surface area contributed by atoms with Gasteiger partial charge in [-0.3, -0.25) is 4.90 Å². The number of anilines is 2. The second kappa shape index (κ2) is 6.03. The van der Waals surface area contributed by atoms with Crippen molar-refractivity contribution >= 4 is 22.7 Å². The molecular formula is C16H22N4S. The molecule has 2 heterocycles. The van der Waals surface area contributed by atoms with Crippen molar-refractivity contribution in [1.29, 1.82) is 0 Å². The lowest BCUT2D eigenvalue weighted by Gasteiger charge is -2.35. The van der Waals surface area contributed by atoms with Crippen molar-refractivity contribution in [3.8, 4) is 0 Å². The highest BCUT2D eigenvalue weighted by molar-refractivity contribution is 7.11. The highest BCUT2D eigenvalue weighted by Gasteiger charge is 2.18. The standard InChI is InChI=1S/C16H22N4S/c1-12-13(2)21-16(18-12)11-19-6-8-20(9-7-19)15-5-3-4-14(17)10-15/h3-5,10H,6-9,11,17H2,1-2H3. The number of hydrogen-bond acceptors (Lipinski definition) is 5. The van der Waals surface area contributed by atoms with Crippen LogP contribution in [-0.4, -0.2) is 36.1 Å². The fraction of sp³-hybridized carbons (Fsp3) is 0.438. The number of hydrogen-bond donors (Lipinski definition) is 1. The van der Waals surface area contributed by atoms with Crippen molar-refractivity contribution in [1.82, 2.24) is 9.88 Å². The second-order valence-electron chi connectivity index (χ2n) is 5.61. The number of rotatable bonds is 3. The number of thiazole rings is 1. The van der Waals surface area contributed by atoms with E-state index < -0.39 is 0 Å². The number of nitrogens with zero attached hydrogens (tertiary/aromatic N) is 3. The molecule has 1 aromatic carbocycles. The minimum atomic E-state index is 0.837. The van der Waals surface area contributed by atoms with E-state index in [0.29, 0.717) is 0 Å². The zero-order valence-electron chi connectivity index (χ0n) is 12.7. The average molecular weight is 302 g/mol. The lowest BCUT2D eigenvalue weighted by Crippen LogP contribution is -2.45. The van der Waals surface area contributed by atoms with Gasteiger partial charge in [-0.15, -0.1) is 11.3 Å². The Hall–Kier alpha value is -1.59. The number of aryl methyl sites for hydroxylation is 2. The van der Waals surface area contributed by atoms with E-state index >= 15 is 0 Å². The summed E-state index contributed by atoms with van der Waals surface area (Å²) in [6, 6.07) is 8.16. The van der Waals surface area contributed by atoms with Crippen LogP contribution in [0.1, 0.15) is 15.6 Å². The van der Waals surface area contributed by atoms with Crippen molar-refractivity contribution in [3.05, 3.63) is 39.8 Å². The third kappa shape index (κ3) is 3.36. The van der Waals surface area contributed by atoms with Crippen molar-refractivity contribution < 1.29 is 0 Å². The van der Waals surface area contributed by atoms with E-state index in [1.54, 1.807) is 0 Å². The van der Waals surface area contributed by atoms with E-state index in [-0.39, 0.29) is 0 Å². The maximum atomic E-state index is 5.87. The molecule has 1 aliphatic heterocycles. The molecular weight excluding hydrogens is 280 g/mol. The summed E-state index contributed by atoms with van der Waals surface area (Å²) in [4.78, 5) is 10.9. The van der Waals surface area contributed by atoms with E-state index in [4.69, 9.17) is 5.73 Å². The molecule has 0 amide bonds. The predicted octanol–water partition coefficient (Wildman–Crippen LogP) is 2.66. The fourth-order valence-corrected chi connectivity index (χ4v) is 3.66. The summed E-state index contributed by atoms with van der Waals surface area (Å²) < 4.78 is 0. The normalized spacial score (nSPS) is 16.4. The van der Waals surface area contributed by atoms with Crippen LogP contribution < -0.4 is 10.6 Å². The number of benzene rings is 1. The third-order valence-electron chi connectivity index (χ3n) is 4.04. The zero-order chi connectivity index (χ0) is 14.8. The largest absolute Gasteiger partial charge is 0.399 e. The topological polar surface area (TPSA) is 45.4 Å². The molecule has 1 fully saturated rings. The van der Waals surface area contributed by atoms with Crippen LogP contribution in [0.3, 0.4) is 0 Å². The zero-order valence-corrected chi connectivity index (χ0v) is 13.5. The van der Waals surface area contributed by atoms with Crippen molar-refractivity contribution in [3.63, 3.8) is 0 Å². The van der Waals surface area contributed by atoms with Gasteiger partial charge < -0.3 is 10.6 Å². The molecule has 0 aliphatic carbocycles. The molecule has 0 unspecified atom stereocenters. The quantitative estimate of drug-likeness (QED) is 0.886. The van der Waals surface area contributed by atoms with Gasteiger partial charge in [-0.25, -0.2) is 4.98 Å². The first-order valence-electron chi connectivity index (χ1n) is 7.37. The third-order valence-corrected chi connectivity index (χ3v) is 5.10. The van der Waals surface area contributed by atoms with Gasteiger partial charge >= 0.3 is 0 Å². The Morgan fingerprint density at radius 1 is 1.19 bits per heavy atom. The van der Waals surface area contributed by atoms with Crippen LogP contribution in [0, 0.1) is 13.8 Å². The van der Waals surface area contributed by atoms with Crippen LogP contribution >= 0.6 is 11.3 Å². The first-order chi connectivity index (χ1) is 10.1. The highest BCUT2D eigenvalue weighted by atomic mass is 32.1. The summed E-state index contributed by atoms with van der Waals surface area (Å²) in [7, 11) is 0. The molecule has 0 radical (unpaired) electrons. The van der Waals surface area contributed by atoms with Gasteiger partial charge in [0, 0.05) is 42.4 Å². The summed E-state index contributed by atoms with van der Waals surface area (Å²) in [5.74, 6) is 0. The van der Waals surface area contributed by atoms with Gasteiger partial charge in [0.25, 0.3) is 0 Å². The van der Waals surface area contributed by atoms with Crippen LogP contribution in [0.4, 0.5) is 11.4 Å². The molecule has 1 aliphatic rings. The van der Waals surface area contributed by atoms with Gasteiger partial charge in [-0.05, 0) is 32.0 Å². The fourth-order valence-electron chi connectivity index (χ4n) is 2.68. The molecule has 2 N–H and O–H groups in total. The first-order valence-corrected chi connectivity index (χ1v) is 8.19. The van der Waals surface area contributed by atoms with Gasteiger partial charge in [0.1, 0.15) is 5.01 Å². The monoisotopic (exact) mass is 302 g/mol. The SMILES string of the molecule is Cc1nc(CN2CCN(c3cccc(N)c3)CC2)sc1C. The van der Waals surface area contributed by atoms with Gasteiger partial charge in [-0.1, -0.05) is 6.07 Å². The Morgan fingerprint density at radius 2 is 1.95 bits per heavy atom. The average Bonchev–Trinajstić information content (AvgIpc) is 2.78. The minimum Gasteiger partial charge on any atom is -0.399 e. The molecule has 1 aromatic heterocycles. The van der Waals surface area contributed by atoms with Crippen LogP contribution in [0.15, 0.2) is 24.3 Å². The molecule has 3 rings (SSSR count). The van der Waals surface area contributed by atoms with E-state index in [1.165, 1.54) is 21.3 Å². The molecule has 0 spiro atoms. The summed E-state index contributed by atoms with van der Waals surface area (Å²) in [6.45, 7) is 9.46. The molecule has 112 valence electrons. The smallest absolute Gasteiger partial charge is 0.107 e. The summed E-state index contributed by atoms with van der Waals surface area (Å²) in [5.41, 5.74) is 9.11. The van der Waals surface area contributed by atoms with Gasteiger partial charge in [-0.2, -0.15) is 0 Å². The van der Waals surface area contributed by atoms with Gasteiger partial charge in [0.15, 0.2) is 0 Å². The molecule has 21 heavy (non-hydrogen) atoms. The van der Waals surface area contributed by atoms with E-state index in [0.717, 1.165) is 38.4 Å². The number of piperazine rings is 1. The Labute approximate surface area is 130 Å². The molecule has 0 bridgehead atoms. The van der Waals surface area contributed by atoms with E-state index in [2.05, 4.69) is 40.8 Å². The highest BCUT2D eigenvalue weighted by Crippen LogP contribution is 2.21. The minimum absolute atomic E-state index is 0.837. The number of aromatic nitrogens is 1. The maximum absolute atomic E-state index is 5.87. The number of nitrogen functional groups attached to an aromatic ring is 1. The van der Waals surface area contributed by atoms with Crippen molar-refractivity contribution in [2.75, 3.05) is 36.8 Å². The molecule has 2 aromatic rings. The lowest BCUT2D eigenvalue weighted by atomic mass is 10.2. The van der Waals surface area contributed by atoms with E-state index in [9.17, 15) is 0 Å². The van der Waals surface area contributed by atoms with Crippen molar-refractivity contribution in [2.45, 2.75) is 20.4 Å². The molecule has 5 heteroatoms. The maximum Gasteiger partial charge on any atom is 0.107 e. The Morgan fingerprint density at radius 3 is 2.57 bits per heavy atom. The summed E-state index contributed by atoms with van der Waals surface area (Å²) in [5, 5.41) is 1.24. The Kier molecular flexibility index (Phi) is 4.12. The van der Waals surface area contributed by atoms with Crippen LogP contribution in [0.25, 0.3) is 0 Å². The number of nitrogens with two attached hydrogens (primary N) is 1. The Bertz CT molecular complexity index is 595. The van der Waals surface area contributed by atoms with Crippen LogP contribution in [-0.2, 0) is 6.54 Å². The van der Waals surface area contributed by atoms with Crippen LogP contribution in [0.5, 0.6) is 0 Å². The first kappa shape index (κ1) is 14.4. The van der Waals surface area contributed by atoms with Gasteiger partial charge in [0.05, 0.1) is 12.2 Å². The molecule has 4 nitrogen and oxygen atoms in total. The predicted molar refractivity (Wildman–Crippen MR) is 89.9 cm³/mol. The second-order valence-corrected chi connectivity index (χ2v) is 6.90. The molecule has 0 saturated carbocycles. The van der Waals surface area contributed by atoms with Gasteiger partial charge in [0.2, 0.25) is 0 Å². The summed E-state index contributed by atoms with van der Waals surface area (Å²) >= 11 is 1.82. The summed E-state index contributed by atoms with van der Waals surface area (Å²) in [6.07, 6.45) is 0. The molecule has 0 atom stereocenters. The molecule has 1 saturated heterocycles. The van der Waals surface area contributed by atoms with Crippen LogP contribution in [0.2, 0.25) is 0 Å².